The van der Waals surface area contributed by atoms with E-state index >= 15 is 0 Å². The van der Waals surface area contributed by atoms with Crippen LogP contribution in [-0.2, 0) is 17.8 Å². The monoisotopic (exact) mass is 279 g/mol. The van der Waals surface area contributed by atoms with E-state index in [1.54, 1.807) is 0 Å². The Balaban J connectivity index is 1.55. The first-order chi connectivity index (χ1) is 10.3. The summed E-state index contributed by atoms with van der Waals surface area (Å²) >= 11 is 0. The highest BCUT2D eigenvalue weighted by molar-refractivity contribution is 5.63. The molecule has 0 saturated carbocycles. The molecule has 1 atom stereocenters. The maximum Gasteiger partial charge on any atom is 0.0717 e. The van der Waals surface area contributed by atoms with Crippen LogP contribution >= 0.6 is 0 Å². The first kappa shape index (κ1) is 14.0. The van der Waals surface area contributed by atoms with E-state index in [2.05, 4.69) is 41.9 Å². The molecule has 0 unspecified atom stereocenters. The Morgan fingerprint density at radius 1 is 1.14 bits per heavy atom. The quantitative estimate of drug-likeness (QED) is 0.780. The Morgan fingerprint density at radius 3 is 2.86 bits per heavy atom. The number of nitrogens with zero attached hydrogens (tertiary/aromatic N) is 1. The van der Waals surface area contributed by atoms with Crippen LogP contribution in [-0.4, -0.2) is 11.6 Å². The molecule has 0 N–H and O–H groups in total. The summed E-state index contributed by atoms with van der Waals surface area (Å²) in [6, 6.07) is 14.5. The van der Waals surface area contributed by atoms with E-state index in [0.717, 1.165) is 37.1 Å². The Labute approximate surface area is 126 Å². The van der Waals surface area contributed by atoms with E-state index in [4.69, 9.17) is 4.74 Å². The largest absolute Gasteiger partial charge is 0.376 e. The lowest BCUT2D eigenvalue weighted by Crippen LogP contribution is -2.09. The molecule has 2 heteroatoms. The van der Waals surface area contributed by atoms with E-state index in [9.17, 15) is 0 Å². The topological polar surface area (TPSA) is 22.1 Å². The molecule has 1 aliphatic rings. The summed E-state index contributed by atoms with van der Waals surface area (Å²) in [6.07, 6.45) is 5.06. The average Bonchev–Trinajstić information content (AvgIpc) is 2.68. The summed E-state index contributed by atoms with van der Waals surface area (Å²) in [6.45, 7) is 5.70. The molecular weight excluding hydrogens is 258 g/mol. The van der Waals surface area contributed by atoms with Crippen molar-refractivity contribution in [1.29, 1.82) is 0 Å². The third kappa shape index (κ3) is 3.59. The minimum absolute atomic E-state index is 0.537. The summed E-state index contributed by atoms with van der Waals surface area (Å²) < 4.78 is 5.90. The number of ether oxygens (including phenoxy) is 1. The van der Waals surface area contributed by atoms with Gasteiger partial charge in [0.2, 0.25) is 0 Å². The highest BCUT2D eigenvalue weighted by atomic mass is 16.5. The number of pyridine rings is 1. The molecule has 1 aromatic carbocycles. The molecule has 0 radical (unpaired) electrons. The van der Waals surface area contributed by atoms with Crippen LogP contribution in [0.25, 0.3) is 5.57 Å². The molecule has 0 amide bonds. The maximum absolute atomic E-state index is 5.90. The standard InChI is InChI=1S/C19H21NO/c1-15-12-17(9-10-18-8-5-11-20-19(15)18)14-21-13-16-6-3-2-4-7-16/h2-8,11,17H,1,9-10,12-14H2/t17-/m1/s1. The van der Waals surface area contributed by atoms with E-state index in [1.165, 1.54) is 11.1 Å². The van der Waals surface area contributed by atoms with Crippen LogP contribution in [0.4, 0.5) is 0 Å². The molecule has 3 rings (SSSR count). The lowest BCUT2D eigenvalue weighted by atomic mass is 9.99. The van der Waals surface area contributed by atoms with Crippen molar-refractivity contribution in [1.82, 2.24) is 4.98 Å². The van der Waals surface area contributed by atoms with Crippen LogP contribution in [0.2, 0.25) is 0 Å². The second-order valence-electron chi connectivity index (χ2n) is 5.72. The first-order valence-corrected chi connectivity index (χ1v) is 7.56. The molecule has 21 heavy (non-hydrogen) atoms. The lowest BCUT2D eigenvalue weighted by molar-refractivity contribution is 0.0860. The predicted molar refractivity (Wildman–Crippen MR) is 85.8 cm³/mol. The second kappa shape index (κ2) is 6.68. The number of benzene rings is 1. The van der Waals surface area contributed by atoms with Crippen molar-refractivity contribution in [2.45, 2.75) is 25.9 Å². The van der Waals surface area contributed by atoms with Gasteiger partial charge in [0.1, 0.15) is 0 Å². The van der Waals surface area contributed by atoms with Gasteiger partial charge in [-0.1, -0.05) is 43.0 Å². The third-order valence-electron chi connectivity index (χ3n) is 4.05. The van der Waals surface area contributed by atoms with Gasteiger partial charge in [0.25, 0.3) is 0 Å². The van der Waals surface area contributed by atoms with Gasteiger partial charge in [-0.25, -0.2) is 0 Å². The normalized spacial score (nSPS) is 18.1. The fourth-order valence-corrected chi connectivity index (χ4v) is 2.93. The average molecular weight is 279 g/mol. The molecule has 1 aliphatic carbocycles. The van der Waals surface area contributed by atoms with Crippen molar-refractivity contribution < 1.29 is 4.74 Å². The van der Waals surface area contributed by atoms with Crippen molar-refractivity contribution in [2.75, 3.05) is 6.61 Å². The fraction of sp³-hybridized carbons (Fsp3) is 0.316. The number of fused-ring (bicyclic) bond motifs is 1. The number of rotatable bonds is 4. The van der Waals surface area contributed by atoms with Gasteiger partial charge < -0.3 is 4.74 Å². The van der Waals surface area contributed by atoms with Crippen molar-refractivity contribution in [3.63, 3.8) is 0 Å². The molecule has 0 spiro atoms. The Bertz CT molecular complexity index is 606. The van der Waals surface area contributed by atoms with Gasteiger partial charge >= 0.3 is 0 Å². The van der Waals surface area contributed by atoms with Crippen LogP contribution in [0, 0.1) is 5.92 Å². The van der Waals surface area contributed by atoms with Crippen LogP contribution in [0.3, 0.4) is 0 Å². The molecule has 108 valence electrons. The summed E-state index contributed by atoms with van der Waals surface area (Å²) in [5.74, 6) is 0.537. The Kier molecular flexibility index (Phi) is 4.46. The van der Waals surface area contributed by atoms with Crippen LogP contribution in [0.5, 0.6) is 0 Å². The van der Waals surface area contributed by atoms with Gasteiger partial charge in [0, 0.05) is 6.20 Å². The molecule has 0 bridgehead atoms. The minimum atomic E-state index is 0.537. The second-order valence-corrected chi connectivity index (χ2v) is 5.72. The first-order valence-electron chi connectivity index (χ1n) is 7.56. The molecule has 2 nitrogen and oxygen atoms in total. The van der Waals surface area contributed by atoms with Crippen molar-refractivity contribution in [2.24, 2.45) is 5.92 Å². The predicted octanol–water partition coefficient (Wildman–Crippen LogP) is 4.26. The number of hydrogen-bond donors (Lipinski definition) is 0. The summed E-state index contributed by atoms with van der Waals surface area (Å²) in [5, 5.41) is 0. The van der Waals surface area contributed by atoms with E-state index in [0.29, 0.717) is 12.5 Å². The smallest absolute Gasteiger partial charge is 0.0717 e. The number of aryl methyl sites for hydroxylation is 1. The molecule has 0 saturated heterocycles. The number of allylic oxidation sites excluding steroid dienone is 1. The fourth-order valence-electron chi connectivity index (χ4n) is 2.93. The lowest BCUT2D eigenvalue weighted by Gasteiger charge is -2.15. The number of aromatic nitrogens is 1. The molecular formula is C19H21NO. The van der Waals surface area contributed by atoms with Gasteiger partial charge in [-0.2, -0.15) is 0 Å². The van der Waals surface area contributed by atoms with Gasteiger partial charge in [-0.15, -0.1) is 0 Å². The zero-order chi connectivity index (χ0) is 14.5. The summed E-state index contributed by atoms with van der Waals surface area (Å²) in [5.41, 5.74) is 4.81. The van der Waals surface area contributed by atoms with Crippen molar-refractivity contribution in [3.05, 3.63) is 72.1 Å². The SMILES string of the molecule is C=C1C[C@H](COCc2ccccc2)CCc2cccnc21. The zero-order valence-electron chi connectivity index (χ0n) is 12.3. The van der Waals surface area contributed by atoms with E-state index < -0.39 is 0 Å². The van der Waals surface area contributed by atoms with E-state index in [1.807, 2.05) is 18.3 Å². The highest BCUT2D eigenvalue weighted by Crippen LogP contribution is 2.30. The highest BCUT2D eigenvalue weighted by Gasteiger charge is 2.19. The van der Waals surface area contributed by atoms with E-state index in [-0.39, 0.29) is 0 Å². The molecule has 0 aliphatic heterocycles. The Morgan fingerprint density at radius 2 is 2.00 bits per heavy atom. The number of hydrogen-bond acceptors (Lipinski definition) is 2. The third-order valence-corrected chi connectivity index (χ3v) is 4.05. The maximum atomic E-state index is 5.90. The van der Waals surface area contributed by atoms with Crippen molar-refractivity contribution >= 4 is 5.57 Å². The summed E-state index contributed by atoms with van der Waals surface area (Å²) in [7, 11) is 0. The van der Waals surface area contributed by atoms with Crippen LogP contribution in [0.1, 0.15) is 29.7 Å². The van der Waals surface area contributed by atoms with Gasteiger partial charge in [0.15, 0.2) is 0 Å². The Hall–Kier alpha value is -1.93. The van der Waals surface area contributed by atoms with Gasteiger partial charge in [0.05, 0.1) is 18.9 Å². The summed E-state index contributed by atoms with van der Waals surface area (Å²) in [4.78, 5) is 4.48. The van der Waals surface area contributed by atoms with Gasteiger partial charge in [-0.05, 0) is 47.9 Å². The zero-order valence-corrected chi connectivity index (χ0v) is 12.3. The molecule has 2 aromatic rings. The molecule has 1 heterocycles. The van der Waals surface area contributed by atoms with Crippen LogP contribution in [0.15, 0.2) is 55.2 Å². The molecule has 1 aromatic heterocycles. The molecule has 0 fully saturated rings. The van der Waals surface area contributed by atoms with Gasteiger partial charge in [-0.3, -0.25) is 4.98 Å². The van der Waals surface area contributed by atoms with Crippen LogP contribution < -0.4 is 0 Å². The minimum Gasteiger partial charge on any atom is -0.376 e. The van der Waals surface area contributed by atoms with Crippen molar-refractivity contribution in [3.8, 4) is 0 Å².